The van der Waals surface area contributed by atoms with E-state index in [0.29, 0.717) is 29.4 Å². The van der Waals surface area contributed by atoms with E-state index in [2.05, 4.69) is 10.4 Å². The van der Waals surface area contributed by atoms with Crippen LogP contribution in [-0.2, 0) is 6.54 Å². The summed E-state index contributed by atoms with van der Waals surface area (Å²) >= 11 is 0. The number of hydrogen-bond donors (Lipinski definition) is 1. The van der Waals surface area contributed by atoms with Crippen LogP contribution in [0, 0.1) is 0 Å². The highest BCUT2D eigenvalue weighted by Crippen LogP contribution is 2.31. The number of benzene rings is 2. The molecule has 3 aromatic rings. The van der Waals surface area contributed by atoms with Crippen LogP contribution in [0.2, 0.25) is 0 Å². The fraction of sp³-hybridized carbons (Fsp3) is 0.227. The Balaban J connectivity index is 2.25. The quantitative estimate of drug-likeness (QED) is 0.613. The van der Waals surface area contributed by atoms with E-state index in [9.17, 15) is 9.59 Å². The second-order valence-electron chi connectivity index (χ2n) is 6.37. The van der Waals surface area contributed by atoms with Crippen molar-refractivity contribution in [3.8, 4) is 22.8 Å². The summed E-state index contributed by atoms with van der Waals surface area (Å²) in [5.41, 5.74) is 1.81. The van der Waals surface area contributed by atoms with Crippen molar-refractivity contribution in [3.05, 3.63) is 64.4 Å². The molecule has 3 rings (SSSR count). The van der Waals surface area contributed by atoms with Crippen LogP contribution in [0.1, 0.15) is 24.2 Å². The van der Waals surface area contributed by atoms with Crippen molar-refractivity contribution in [2.75, 3.05) is 19.5 Å². The molecule has 0 unspecified atom stereocenters. The zero-order chi connectivity index (χ0) is 21.0. The van der Waals surface area contributed by atoms with Gasteiger partial charge >= 0.3 is 0 Å². The summed E-state index contributed by atoms with van der Waals surface area (Å²) in [6, 6.07) is 14.5. The number of carbonyl (C=O) groups excluding carboxylic acids is 1. The average molecular weight is 393 g/mol. The highest BCUT2D eigenvalue weighted by atomic mass is 16.5. The normalized spacial score (nSPS) is 10.5. The lowest BCUT2D eigenvalue weighted by molar-refractivity contribution is 0.101. The molecule has 0 radical (unpaired) electrons. The number of nitrogens with one attached hydrogen (secondary N) is 1. The van der Waals surface area contributed by atoms with Crippen molar-refractivity contribution in [2.45, 2.75) is 20.4 Å². The number of nitrogens with zero attached hydrogens (tertiary/aromatic N) is 2. The van der Waals surface area contributed by atoms with Gasteiger partial charge in [0.25, 0.3) is 5.56 Å². The van der Waals surface area contributed by atoms with Gasteiger partial charge in [0, 0.05) is 36.0 Å². The average Bonchev–Trinajstić information content (AvgIpc) is 2.74. The number of carbonyl (C=O) groups is 1. The highest BCUT2D eigenvalue weighted by Gasteiger charge is 2.22. The van der Waals surface area contributed by atoms with E-state index in [1.54, 1.807) is 32.4 Å². The van der Waals surface area contributed by atoms with Crippen LogP contribution in [0.5, 0.6) is 11.5 Å². The number of aryl methyl sites for hydroxylation is 1. The lowest BCUT2D eigenvalue weighted by Crippen LogP contribution is -2.28. The third kappa shape index (κ3) is 4.13. The fourth-order valence-corrected chi connectivity index (χ4v) is 3.07. The lowest BCUT2D eigenvalue weighted by Gasteiger charge is -2.17. The van der Waals surface area contributed by atoms with Crippen LogP contribution in [0.15, 0.2) is 53.3 Å². The molecule has 7 heteroatoms. The number of anilines is 2. The molecule has 1 aromatic heterocycles. The lowest BCUT2D eigenvalue weighted by atomic mass is 10.0. The van der Waals surface area contributed by atoms with E-state index in [-0.39, 0.29) is 22.6 Å². The largest absolute Gasteiger partial charge is 0.497 e. The maximum atomic E-state index is 13.0. The molecule has 0 saturated heterocycles. The zero-order valence-corrected chi connectivity index (χ0v) is 16.9. The summed E-state index contributed by atoms with van der Waals surface area (Å²) in [5, 5.41) is 7.55. The number of methoxy groups -OCH3 is 2. The van der Waals surface area contributed by atoms with Gasteiger partial charge in [-0.05, 0) is 13.8 Å². The van der Waals surface area contributed by atoms with Crippen molar-refractivity contribution in [1.29, 1.82) is 0 Å². The monoisotopic (exact) mass is 393 g/mol. The van der Waals surface area contributed by atoms with Crippen LogP contribution in [0.3, 0.4) is 0 Å². The molecule has 0 bridgehead atoms. The number of ether oxygens (including phenoxy) is 2. The molecule has 0 fully saturated rings. The zero-order valence-electron chi connectivity index (χ0n) is 16.9. The van der Waals surface area contributed by atoms with E-state index < -0.39 is 0 Å². The van der Waals surface area contributed by atoms with Crippen LogP contribution in [0.4, 0.5) is 11.4 Å². The van der Waals surface area contributed by atoms with E-state index >= 15 is 0 Å². The molecule has 0 aliphatic heterocycles. The second kappa shape index (κ2) is 8.60. The van der Waals surface area contributed by atoms with Crippen molar-refractivity contribution < 1.29 is 14.3 Å². The number of ketones is 1. The third-order valence-corrected chi connectivity index (χ3v) is 4.48. The Hall–Kier alpha value is -3.61. The molecule has 7 nitrogen and oxygen atoms in total. The molecule has 0 atom stereocenters. The van der Waals surface area contributed by atoms with Gasteiger partial charge in [0.1, 0.15) is 22.9 Å². The Morgan fingerprint density at radius 1 is 1.07 bits per heavy atom. The number of rotatable bonds is 7. The summed E-state index contributed by atoms with van der Waals surface area (Å²) in [5.74, 6) is 0.864. The highest BCUT2D eigenvalue weighted by molar-refractivity contribution is 6.05. The minimum absolute atomic E-state index is 0.170. The molecule has 1 heterocycles. The van der Waals surface area contributed by atoms with E-state index in [1.807, 2.05) is 37.3 Å². The molecular weight excluding hydrogens is 370 g/mol. The topological polar surface area (TPSA) is 82.5 Å². The first-order chi connectivity index (χ1) is 14.0. The predicted molar refractivity (Wildman–Crippen MR) is 112 cm³/mol. The Bertz CT molecular complexity index is 1070. The fourth-order valence-electron chi connectivity index (χ4n) is 3.07. The van der Waals surface area contributed by atoms with Crippen LogP contribution in [-0.4, -0.2) is 29.8 Å². The van der Waals surface area contributed by atoms with Gasteiger partial charge in [-0.2, -0.15) is 5.10 Å². The van der Waals surface area contributed by atoms with Gasteiger partial charge in [0.15, 0.2) is 5.78 Å². The van der Waals surface area contributed by atoms with Crippen LogP contribution >= 0.6 is 0 Å². The Morgan fingerprint density at radius 3 is 2.21 bits per heavy atom. The first kappa shape index (κ1) is 20.1. The molecule has 0 spiro atoms. The van der Waals surface area contributed by atoms with Gasteiger partial charge in [-0.3, -0.25) is 9.59 Å². The van der Waals surface area contributed by atoms with Crippen molar-refractivity contribution in [3.63, 3.8) is 0 Å². The summed E-state index contributed by atoms with van der Waals surface area (Å²) in [6.07, 6.45) is 0. The molecule has 150 valence electrons. The summed E-state index contributed by atoms with van der Waals surface area (Å²) < 4.78 is 11.9. The SMILES string of the molecule is CCn1nc(-c2ccccc2)c(C(C)=O)c(Nc2cc(OC)cc(OC)c2)c1=O. The number of Topliss-reactive ketones (excluding diaryl/α,β-unsaturated/α-hetero) is 1. The number of hydrogen-bond acceptors (Lipinski definition) is 6. The summed E-state index contributed by atoms with van der Waals surface area (Å²) in [6.45, 7) is 3.62. The standard InChI is InChI=1S/C22H23N3O4/c1-5-25-22(27)21(23-16-11-17(28-3)13-18(12-16)29-4)19(14(2)26)20(24-25)15-9-7-6-8-10-15/h6-13,23H,5H2,1-4H3. The maximum Gasteiger partial charge on any atom is 0.291 e. The molecule has 2 aromatic carbocycles. The molecular formula is C22H23N3O4. The molecule has 29 heavy (non-hydrogen) atoms. The predicted octanol–water partition coefficient (Wildman–Crippen LogP) is 3.89. The van der Waals surface area contributed by atoms with E-state index in [0.717, 1.165) is 5.56 Å². The van der Waals surface area contributed by atoms with Crippen molar-refractivity contribution >= 4 is 17.2 Å². The van der Waals surface area contributed by atoms with Gasteiger partial charge in [-0.1, -0.05) is 30.3 Å². The second-order valence-corrected chi connectivity index (χ2v) is 6.37. The number of aromatic nitrogens is 2. The minimum atomic E-state index is -0.376. The Kier molecular flexibility index (Phi) is 5.97. The van der Waals surface area contributed by atoms with Crippen LogP contribution in [0.25, 0.3) is 11.3 Å². The molecule has 0 amide bonds. The third-order valence-electron chi connectivity index (χ3n) is 4.48. The van der Waals surface area contributed by atoms with Gasteiger partial charge in [-0.25, -0.2) is 4.68 Å². The Morgan fingerprint density at radius 2 is 1.69 bits per heavy atom. The van der Waals surface area contributed by atoms with Gasteiger partial charge in [0.2, 0.25) is 0 Å². The van der Waals surface area contributed by atoms with E-state index in [4.69, 9.17) is 9.47 Å². The molecule has 0 saturated carbocycles. The van der Waals surface area contributed by atoms with Crippen LogP contribution < -0.4 is 20.3 Å². The molecule has 0 aliphatic rings. The molecule has 1 N–H and O–H groups in total. The maximum absolute atomic E-state index is 13.0. The van der Waals surface area contributed by atoms with Gasteiger partial charge in [0.05, 0.1) is 19.8 Å². The molecule has 0 aliphatic carbocycles. The van der Waals surface area contributed by atoms with Crippen molar-refractivity contribution in [1.82, 2.24) is 9.78 Å². The smallest absolute Gasteiger partial charge is 0.291 e. The first-order valence-electron chi connectivity index (χ1n) is 9.20. The summed E-state index contributed by atoms with van der Waals surface area (Å²) in [4.78, 5) is 25.6. The first-order valence-corrected chi connectivity index (χ1v) is 9.20. The van der Waals surface area contributed by atoms with E-state index in [1.165, 1.54) is 11.6 Å². The Labute approximate surface area is 168 Å². The van der Waals surface area contributed by atoms with Crippen molar-refractivity contribution in [2.24, 2.45) is 0 Å². The van der Waals surface area contributed by atoms with Gasteiger partial charge < -0.3 is 14.8 Å². The van der Waals surface area contributed by atoms with Gasteiger partial charge in [-0.15, -0.1) is 0 Å². The summed E-state index contributed by atoms with van der Waals surface area (Å²) in [7, 11) is 3.09. The minimum Gasteiger partial charge on any atom is -0.497 e.